The van der Waals surface area contributed by atoms with Crippen molar-refractivity contribution in [3.8, 4) is 0 Å². The molecule has 0 bridgehead atoms. The van der Waals surface area contributed by atoms with E-state index in [1.807, 2.05) is 34.9 Å². The first-order chi connectivity index (χ1) is 15.5. The molecule has 4 rings (SSSR count). The lowest BCUT2D eigenvalue weighted by Gasteiger charge is -2.19. The molecule has 0 unspecified atom stereocenters. The van der Waals surface area contributed by atoms with Crippen LogP contribution in [0.3, 0.4) is 0 Å². The SMILES string of the molecule is CN(c1ccccc1)S(=O)(=O)c1cccc(C(=O)NCCCn2cnc3ccccc32)c1. The molecule has 0 spiro atoms. The molecule has 3 aromatic carbocycles. The molecule has 164 valence electrons. The van der Waals surface area contributed by atoms with E-state index in [0.29, 0.717) is 17.8 Å². The lowest BCUT2D eigenvalue weighted by Crippen LogP contribution is -2.28. The van der Waals surface area contributed by atoms with Crippen molar-refractivity contribution in [2.75, 3.05) is 17.9 Å². The molecular weight excluding hydrogens is 424 g/mol. The third kappa shape index (κ3) is 4.50. The van der Waals surface area contributed by atoms with Gasteiger partial charge in [0, 0.05) is 25.7 Å². The number of para-hydroxylation sites is 3. The van der Waals surface area contributed by atoms with E-state index in [9.17, 15) is 13.2 Å². The Morgan fingerprint density at radius 3 is 2.56 bits per heavy atom. The van der Waals surface area contributed by atoms with Crippen molar-refractivity contribution in [1.82, 2.24) is 14.9 Å². The molecule has 0 saturated heterocycles. The van der Waals surface area contributed by atoms with Gasteiger partial charge in [0.25, 0.3) is 15.9 Å². The van der Waals surface area contributed by atoms with Gasteiger partial charge in [0.05, 0.1) is 27.9 Å². The van der Waals surface area contributed by atoms with Crippen molar-refractivity contribution >= 4 is 32.7 Å². The van der Waals surface area contributed by atoms with E-state index in [-0.39, 0.29) is 10.8 Å². The minimum atomic E-state index is -3.78. The number of imidazole rings is 1. The van der Waals surface area contributed by atoms with Gasteiger partial charge in [0.1, 0.15) is 0 Å². The summed E-state index contributed by atoms with van der Waals surface area (Å²) in [6, 6.07) is 22.8. The van der Waals surface area contributed by atoms with Gasteiger partial charge in [-0.15, -0.1) is 0 Å². The molecule has 0 aliphatic heterocycles. The highest BCUT2D eigenvalue weighted by atomic mass is 32.2. The van der Waals surface area contributed by atoms with E-state index >= 15 is 0 Å². The van der Waals surface area contributed by atoms with Crippen molar-refractivity contribution in [3.05, 3.63) is 90.8 Å². The Kier molecular flexibility index (Phi) is 6.23. The zero-order chi connectivity index (χ0) is 22.6. The lowest BCUT2D eigenvalue weighted by atomic mass is 10.2. The van der Waals surface area contributed by atoms with E-state index < -0.39 is 10.0 Å². The second kappa shape index (κ2) is 9.23. The summed E-state index contributed by atoms with van der Waals surface area (Å²) in [5.41, 5.74) is 2.85. The fourth-order valence-corrected chi connectivity index (χ4v) is 4.72. The number of hydrogen-bond acceptors (Lipinski definition) is 4. The summed E-state index contributed by atoms with van der Waals surface area (Å²) in [4.78, 5) is 17.0. The summed E-state index contributed by atoms with van der Waals surface area (Å²) in [5.74, 6) is -0.306. The van der Waals surface area contributed by atoms with Crippen LogP contribution in [0, 0.1) is 0 Å². The van der Waals surface area contributed by atoms with Crippen molar-refractivity contribution < 1.29 is 13.2 Å². The van der Waals surface area contributed by atoms with E-state index in [0.717, 1.165) is 24.0 Å². The topological polar surface area (TPSA) is 84.3 Å². The van der Waals surface area contributed by atoms with E-state index in [1.165, 1.54) is 23.5 Å². The molecule has 4 aromatic rings. The number of carbonyl (C=O) groups is 1. The number of hydrogen-bond donors (Lipinski definition) is 1. The number of nitrogens with one attached hydrogen (secondary N) is 1. The molecule has 8 heteroatoms. The normalized spacial score (nSPS) is 11.4. The molecule has 1 N–H and O–H groups in total. The number of sulfonamides is 1. The van der Waals surface area contributed by atoms with Crippen LogP contribution >= 0.6 is 0 Å². The van der Waals surface area contributed by atoms with Gasteiger partial charge in [0.2, 0.25) is 0 Å². The van der Waals surface area contributed by atoms with Crippen LogP contribution in [0.1, 0.15) is 16.8 Å². The molecule has 0 radical (unpaired) electrons. The Hall–Kier alpha value is -3.65. The first-order valence-corrected chi connectivity index (χ1v) is 11.7. The van der Waals surface area contributed by atoms with Crippen LogP contribution in [0.4, 0.5) is 5.69 Å². The number of fused-ring (bicyclic) bond motifs is 1. The van der Waals surface area contributed by atoms with E-state index in [2.05, 4.69) is 10.3 Å². The predicted molar refractivity (Wildman–Crippen MR) is 125 cm³/mol. The highest BCUT2D eigenvalue weighted by Gasteiger charge is 2.22. The average Bonchev–Trinajstić information content (AvgIpc) is 3.25. The van der Waals surface area contributed by atoms with Crippen LogP contribution in [-0.4, -0.2) is 37.5 Å². The average molecular weight is 449 g/mol. The Morgan fingerprint density at radius 1 is 1.00 bits per heavy atom. The zero-order valence-corrected chi connectivity index (χ0v) is 18.5. The Bertz CT molecular complexity index is 1330. The number of benzene rings is 3. The second-order valence-corrected chi connectivity index (χ2v) is 9.34. The highest BCUT2D eigenvalue weighted by Crippen LogP contribution is 2.22. The van der Waals surface area contributed by atoms with Gasteiger partial charge in [0.15, 0.2) is 0 Å². The predicted octanol–water partition coefficient (Wildman–Crippen LogP) is 3.68. The maximum absolute atomic E-state index is 13.0. The Labute approximate surface area is 187 Å². The van der Waals surface area contributed by atoms with Crippen molar-refractivity contribution in [3.63, 3.8) is 0 Å². The van der Waals surface area contributed by atoms with Crippen molar-refractivity contribution in [2.24, 2.45) is 0 Å². The Balaban J connectivity index is 1.39. The number of carbonyl (C=O) groups excluding carboxylic acids is 1. The molecule has 0 fully saturated rings. The van der Waals surface area contributed by atoms with Crippen LogP contribution in [-0.2, 0) is 16.6 Å². The number of anilines is 1. The molecule has 7 nitrogen and oxygen atoms in total. The smallest absolute Gasteiger partial charge is 0.264 e. The molecule has 0 aliphatic rings. The maximum atomic E-state index is 13.0. The van der Waals surface area contributed by atoms with Gasteiger partial charge in [-0.1, -0.05) is 36.4 Å². The lowest BCUT2D eigenvalue weighted by molar-refractivity contribution is 0.0952. The monoisotopic (exact) mass is 448 g/mol. The van der Waals surface area contributed by atoms with Crippen LogP contribution in [0.25, 0.3) is 11.0 Å². The molecule has 1 aromatic heterocycles. The summed E-state index contributed by atoms with van der Waals surface area (Å²) in [5, 5.41) is 2.87. The number of nitrogens with zero attached hydrogens (tertiary/aromatic N) is 3. The Morgan fingerprint density at radius 2 is 1.75 bits per heavy atom. The molecule has 1 amide bonds. The summed E-state index contributed by atoms with van der Waals surface area (Å²) in [6.45, 7) is 1.18. The van der Waals surface area contributed by atoms with Crippen LogP contribution in [0.15, 0.2) is 90.1 Å². The third-order valence-electron chi connectivity index (χ3n) is 5.26. The molecule has 0 atom stereocenters. The fraction of sp³-hybridized carbons (Fsp3) is 0.167. The molecule has 1 heterocycles. The van der Waals surface area contributed by atoms with Crippen molar-refractivity contribution in [2.45, 2.75) is 17.9 Å². The molecule has 32 heavy (non-hydrogen) atoms. The number of amides is 1. The van der Waals surface area contributed by atoms with E-state index in [1.54, 1.807) is 42.7 Å². The summed E-state index contributed by atoms with van der Waals surface area (Å²) >= 11 is 0. The van der Waals surface area contributed by atoms with Gasteiger partial charge in [-0.3, -0.25) is 9.10 Å². The first-order valence-electron chi connectivity index (χ1n) is 10.3. The number of aryl methyl sites for hydroxylation is 1. The van der Waals surface area contributed by atoms with Crippen LogP contribution in [0.5, 0.6) is 0 Å². The molecule has 0 aliphatic carbocycles. The van der Waals surface area contributed by atoms with Gasteiger partial charge in [-0.25, -0.2) is 13.4 Å². The van der Waals surface area contributed by atoms with Crippen molar-refractivity contribution in [1.29, 1.82) is 0 Å². The summed E-state index contributed by atoms with van der Waals surface area (Å²) in [7, 11) is -2.28. The highest BCUT2D eigenvalue weighted by molar-refractivity contribution is 7.92. The largest absolute Gasteiger partial charge is 0.352 e. The molecular formula is C24H24N4O3S. The van der Waals surface area contributed by atoms with Crippen LogP contribution < -0.4 is 9.62 Å². The zero-order valence-electron chi connectivity index (χ0n) is 17.7. The molecule has 0 saturated carbocycles. The number of aromatic nitrogens is 2. The standard InChI is InChI=1S/C24H24N4O3S/c1-27(20-10-3-2-4-11-20)32(30,31)21-12-7-9-19(17-21)24(29)25-15-8-16-28-18-26-22-13-5-6-14-23(22)28/h2-7,9-14,17-18H,8,15-16H2,1H3,(H,25,29). The van der Waals surface area contributed by atoms with Gasteiger partial charge < -0.3 is 9.88 Å². The van der Waals surface area contributed by atoms with Crippen LogP contribution in [0.2, 0.25) is 0 Å². The summed E-state index contributed by atoms with van der Waals surface area (Å²) < 4.78 is 29.2. The summed E-state index contributed by atoms with van der Waals surface area (Å²) in [6.07, 6.45) is 2.52. The second-order valence-electron chi connectivity index (χ2n) is 7.37. The minimum Gasteiger partial charge on any atom is -0.352 e. The van der Waals surface area contributed by atoms with Gasteiger partial charge in [-0.05, 0) is 48.9 Å². The van der Waals surface area contributed by atoms with Gasteiger partial charge >= 0.3 is 0 Å². The number of rotatable bonds is 8. The van der Waals surface area contributed by atoms with E-state index in [4.69, 9.17) is 0 Å². The third-order valence-corrected chi connectivity index (χ3v) is 7.04. The first kappa shape index (κ1) is 21.6. The van der Waals surface area contributed by atoms with Gasteiger partial charge in [-0.2, -0.15) is 0 Å². The quantitative estimate of drug-likeness (QED) is 0.417. The minimum absolute atomic E-state index is 0.0707. The fourth-order valence-electron chi connectivity index (χ4n) is 3.47. The maximum Gasteiger partial charge on any atom is 0.264 e.